The molecule has 1 heterocycles. The largest absolute Gasteiger partial charge is 0.473 e. The molecule has 1 fully saturated rings. The van der Waals surface area contributed by atoms with Crippen molar-refractivity contribution in [3.63, 3.8) is 0 Å². The SMILES string of the molecule is CCOC(=O)[C@H]1[C@@H]2Cc3cc(OCc4cc(-c5ccc(-c6ccc(Cl)cc6F)cc5F)c(C)cc4F)ncc3[C@@H]21. The van der Waals surface area contributed by atoms with E-state index >= 15 is 4.39 Å². The predicted molar refractivity (Wildman–Crippen MR) is 146 cm³/mol. The van der Waals surface area contributed by atoms with E-state index in [2.05, 4.69) is 4.98 Å². The van der Waals surface area contributed by atoms with Crippen LogP contribution in [0.15, 0.2) is 60.8 Å². The van der Waals surface area contributed by atoms with Crippen LogP contribution in [0.3, 0.4) is 0 Å². The Labute approximate surface area is 234 Å². The van der Waals surface area contributed by atoms with Crippen molar-refractivity contribution >= 4 is 17.6 Å². The number of aromatic nitrogens is 1. The molecular weight excluding hydrogens is 539 g/mol. The van der Waals surface area contributed by atoms with Gasteiger partial charge in [-0.2, -0.15) is 0 Å². The van der Waals surface area contributed by atoms with Crippen LogP contribution in [0.1, 0.15) is 35.1 Å². The van der Waals surface area contributed by atoms with E-state index in [4.69, 9.17) is 21.1 Å². The average Bonchev–Trinajstić information content (AvgIpc) is 3.50. The number of benzene rings is 3. The summed E-state index contributed by atoms with van der Waals surface area (Å²) in [6, 6.07) is 13.4. The third-order valence-corrected chi connectivity index (χ3v) is 8.05. The maximum atomic E-state index is 15.3. The van der Waals surface area contributed by atoms with Crippen LogP contribution in [0, 0.1) is 36.2 Å². The van der Waals surface area contributed by atoms with Gasteiger partial charge in [0.2, 0.25) is 5.88 Å². The van der Waals surface area contributed by atoms with Gasteiger partial charge in [0, 0.05) is 39.9 Å². The highest BCUT2D eigenvalue weighted by Crippen LogP contribution is 2.61. The van der Waals surface area contributed by atoms with E-state index in [1.807, 2.05) is 6.07 Å². The average molecular weight is 564 g/mol. The summed E-state index contributed by atoms with van der Waals surface area (Å²) in [6.45, 7) is 3.77. The van der Waals surface area contributed by atoms with Gasteiger partial charge < -0.3 is 9.47 Å². The molecule has 0 saturated heterocycles. The molecule has 0 aliphatic heterocycles. The number of halogens is 4. The fraction of sp³-hybridized carbons (Fsp3) is 0.250. The minimum Gasteiger partial charge on any atom is -0.473 e. The molecule has 0 N–H and O–H groups in total. The van der Waals surface area contributed by atoms with Gasteiger partial charge >= 0.3 is 5.97 Å². The van der Waals surface area contributed by atoms with Crippen molar-refractivity contribution in [2.45, 2.75) is 32.8 Å². The molecule has 1 aromatic heterocycles. The first-order chi connectivity index (χ1) is 19.2. The molecular formula is C32H25ClF3NO3. The highest BCUT2D eigenvalue weighted by atomic mass is 35.5. The lowest BCUT2D eigenvalue weighted by Crippen LogP contribution is -2.11. The van der Waals surface area contributed by atoms with Crippen molar-refractivity contribution in [2.24, 2.45) is 11.8 Å². The molecule has 4 aromatic rings. The highest BCUT2D eigenvalue weighted by Gasteiger charge is 2.60. The van der Waals surface area contributed by atoms with E-state index in [9.17, 15) is 13.6 Å². The standard InChI is InChI=1S/C32H25ClF3NO3/c1-3-39-32(38)31-24-9-18-12-29(37-14-25(18)30(24)31)40-15-19-10-23(16(2)8-26(19)34)22-6-4-17(11-27(22)35)21-7-5-20(33)13-28(21)36/h4-8,10-14,24,30-31H,3,9,15H2,1-2H3/t24-,30-,31+/m1/s1. The van der Waals surface area contributed by atoms with Gasteiger partial charge in [-0.15, -0.1) is 0 Å². The zero-order chi connectivity index (χ0) is 28.1. The minimum atomic E-state index is -0.562. The zero-order valence-corrected chi connectivity index (χ0v) is 22.6. The van der Waals surface area contributed by atoms with Crippen molar-refractivity contribution in [3.05, 3.63) is 106 Å². The van der Waals surface area contributed by atoms with Gasteiger partial charge in [-0.3, -0.25) is 4.79 Å². The zero-order valence-electron chi connectivity index (χ0n) is 21.8. The lowest BCUT2D eigenvalue weighted by Gasteiger charge is -2.14. The second-order valence-corrected chi connectivity index (χ2v) is 10.7. The molecule has 8 heteroatoms. The molecule has 204 valence electrons. The van der Waals surface area contributed by atoms with Crippen molar-refractivity contribution in [3.8, 4) is 28.1 Å². The van der Waals surface area contributed by atoms with E-state index in [1.54, 1.807) is 44.3 Å². The second-order valence-electron chi connectivity index (χ2n) is 10.3. The number of rotatable bonds is 7. The van der Waals surface area contributed by atoms with Gasteiger partial charge in [0.1, 0.15) is 24.1 Å². The van der Waals surface area contributed by atoms with E-state index in [1.165, 1.54) is 24.3 Å². The number of carbonyl (C=O) groups is 1. The summed E-state index contributed by atoms with van der Waals surface area (Å²) >= 11 is 5.83. The molecule has 2 aliphatic carbocycles. The normalized spacial score (nSPS) is 18.7. The number of aryl methyl sites for hydroxylation is 1. The van der Waals surface area contributed by atoms with Crippen LogP contribution in [0.4, 0.5) is 13.2 Å². The molecule has 1 saturated carbocycles. The number of nitrogens with zero attached hydrogens (tertiary/aromatic N) is 1. The number of fused-ring (bicyclic) bond motifs is 3. The number of hydrogen-bond donors (Lipinski definition) is 0. The highest BCUT2D eigenvalue weighted by molar-refractivity contribution is 6.30. The minimum absolute atomic E-state index is 0.0965. The summed E-state index contributed by atoms with van der Waals surface area (Å²) in [5.41, 5.74) is 4.29. The fourth-order valence-corrected chi connectivity index (χ4v) is 5.96. The van der Waals surface area contributed by atoms with E-state index in [-0.39, 0.29) is 52.0 Å². The maximum Gasteiger partial charge on any atom is 0.309 e. The molecule has 0 amide bonds. The van der Waals surface area contributed by atoms with Gasteiger partial charge in [-0.25, -0.2) is 18.2 Å². The third kappa shape index (κ3) is 4.73. The van der Waals surface area contributed by atoms with Crippen molar-refractivity contribution < 1.29 is 27.4 Å². The molecule has 0 radical (unpaired) electrons. The number of pyridine rings is 1. The molecule has 0 unspecified atom stereocenters. The molecule has 2 aliphatic rings. The smallest absolute Gasteiger partial charge is 0.309 e. The van der Waals surface area contributed by atoms with Crippen molar-refractivity contribution in [1.82, 2.24) is 4.98 Å². The first kappa shape index (κ1) is 26.4. The van der Waals surface area contributed by atoms with Crippen molar-refractivity contribution in [2.75, 3.05) is 6.61 Å². The quantitative estimate of drug-likeness (QED) is 0.215. The lowest BCUT2D eigenvalue weighted by molar-refractivity contribution is -0.145. The predicted octanol–water partition coefficient (Wildman–Crippen LogP) is 7.82. The van der Waals surface area contributed by atoms with Crippen LogP contribution >= 0.6 is 11.6 Å². The topological polar surface area (TPSA) is 48.4 Å². The molecule has 40 heavy (non-hydrogen) atoms. The van der Waals surface area contributed by atoms with Crippen LogP contribution in [0.2, 0.25) is 5.02 Å². The summed E-state index contributed by atoms with van der Waals surface area (Å²) in [4.78, 5) is 16.5. The molecule has 0 bridgehead atoms. The molecule has 3 aromatic carbocycles. The van der Waals surface area contributed by atoms with Gasteiger partial charge in [0.05, 0.1) is 12.5 Å². The Bertz CT molecular complexity index is 1660. The van der Waals surface area contributed by atoms with Crippen LogP contribution in [0.5, 0.6) is 5.88 Å². The van der Waals surface area contributed by atoms with Gasteiger partial charge in [-0.05, 0) is 90.4 Å². The maximum absolute atomic E-state index is 15.3. The van der Waals surface area contributed by atoms with E-state index < -0.39 is 17.5 Å². The number of hydrogen-bond acceptors (Lipinski definition) is 4. The number of esters is 1. The Morgan fingerprint density at radius 1 is 0.975 bits per heavy atom. The third-order valence-electron chi connectivity index (χ3n) is 7.81. The van der Waals surface area contributed by atoms with E-state index in [0.29, 0.717) is 29.2 Å². The Kier molecular flexibility index (Phi) is 6.78. The van der Waals surface area contributed by atoms with Crippen LogP contribution in [-0.4, -0.2) is 17.6 Å². The van der Waals surface area contributed by atoms with Gasteiger partial charge in [-0.1, -0.05) is 23.7 Å². The van der Waals surface area contributed by atoms with Gasteiger partial charge in [0.25, 0.3) is 0 Å². The van der Waals surface area contributed by atoms with Crippen molar-refractivity contribution in [1.29, 1.82) is 0 Å². The second kappa shape index (κ2) is 10.3. The Morgan fingerprint density at radius 3 is 2.50 bits per heavy atom. The summed E-state index contributed by atoms with van der Waals surface area (Å²) < 4.78 is 55.5. The lowest BCUT2D eigenvalue weighted by atomic mass is 9.95. The number of ether oxygens (including phenoxy) is 2. The Morgan fingerprint density at radius 2 is 1.75 bits per heavy atom. The first-order valence-corrected chi connectivity index (χ1v) is 13.5. The van der Waals surface area contributed by atoms with Crippen LogP contribution < -0.4 is 4.74 Å². The Hall–Kier alpha value is -3.84. The Balaban J connectivity index is 1.20. The van der Waals surface area contributed by atoms with E-state index in [0.717, 1.165) is 17.5 Å². The monoisotopic (exact) mass is 563 g/mol. The van der Waals surface area contributed by atoms with Crippen LogP contribution in [-0.2, 0) is 22.6 Å². The molecule has 4 nitrogen and oxygen atoms in total. The molecule has 6 rings (SSSR count). The molecule has 0 spiro atoms. The first-order valence-electron chi connectivity index (χ1n) is 13.1. The van der Waals surface area contributed by atoms with Crippen LogP contribution in [0.25, 0.3) is 22.3 Å². The number of carbonyl (C=O) groups excluding carboxylic acids is 1. The summed E-state index contributed by atoms with van der Waals surface area (Å²) in [5.74, 6) is -1.10. The molecule has 3 atom stereocenters. The fourth-order valence-electron chi connectivity index (χ4n) is 5.80. The summed E-state index contributed by atoms with van der Waals surface area (Å²) in [6.07, 6.45) is 2.48. The summed E-state index contributed by atoms with van der Waals surface area (Å²) in [5, 5.41) is 0.254. The van der Waals surface area contributed by atoms with Gasteiger partial charge in [0.15, 0.2) is 0 Å². The summed E-state index contributed by atoms with van der Waals surface area (Å²) in [7, 11) is 0.